The zero-order valence-corrected chi connectivity index (χ0v) is 15.3. The molecule has 27 heavy (non-hydrogen) atoms. The first kappa shape index (κ1) is 17.8. The summed E-state index contributed by atoms with van der Waals surface area (Å²) in [6.45, 7) is 3.10. The van der Waals surface area contributed by atoms with Crippen LogP contribution in [-0.4, -0.2) is 49.7 Å². The molecule has 2 aromatic rings. The van der Waals surface area contributed by atoms with Crippen molar-refractivity contribution in [1.29, 1.82) is 0 Å². The summed E-state index contributed by atoms with van der Waals surface area (Å²) in [4.78, 5) is 14.6. The van der Waals surface area contributed by atoms with Gasteiger partial charge in [-0.25, -0.2) is 0 Å². The quantitative estimate of drug-likeness (QED) is 0.866. The Morgan fingerprint density at radius 1 is 1.07 bits per heavy atom. The molecular formula is C21H25N3O3. The van der Waals surface area contributed by atoms with E-state index in [4.69, 9.17) is 15.2 Å². The maximum Gasteiger partial charge on any atom is 0.238 e. The van der Waals surface area contributed by atoms with Crippen LogP contribution in [0, 0.1) is 0 Å². The molecule has 0 radical (unpaired) electrons. The predicted molar refractivity (Wildman–Crippen MR) is 104 cm³/mol. The maximum atomic E-state index is 12.5. The monoisotopic (exact) mass is 367 g/mol. The molecule has 0 aliphatic carbocycles. The number of ether oxygens (including phenoxy) is 2. The van der Waals surface area contributed by atoms with E-state index in [1.54, 1.807) is 0 Å². The Morgan fingerprint density at radius 2 is 1.85 bits per heavy atom. The minimum absolute atomic E-state index is 0.0400. The lowest BCUT2D eigenvalue weighted by Crippen LogP contribution is -2.33. The van der Waals surface area contributed by atoms with Gasteiger partial charge in [-0.1, -0.05) is 30.3 Å². The van der Waals surface area contributed by atoms with Crippen molar-refractivity contribution >= 4 is 11.6 Å². The molecule has 0 aromatic heterocycles. The molecule has 6 heteroatoms. The molecule has 0 bridgehead atoms. The highest BCUT2D eigenvalue weighted by Crippen LogP contribution is 2.32. The molecular weight excluding hydrogens is 342 g/mol. The second-order valence-corrected chi connectivity index (χ2v) is 7.14. The summed E-state index contributed by atoms with van der Waals surface area (Å²) in [6.07, 6.45) is 0.855. The molecule has 1 fully saturated rings. The van der Waals surface area contributed by atoms with Crippen LogP contribution in [0.2, 0.25) is 0 Å². The van der Waals surface area contributed by atoms with Crippen molar-refractivity contribution < 1.29 is 14.3 Å². The van der Waals surface area contributed by atoms with Gasteiger partial charge in [0.25, 0.3) is 0 Å². The number of carbonyl (C=O) groups is 1. The van der Waals surface area contributed by atoms with Crippen molar-refractivity contribution in [2.45, 2.75) is 18.4 Å². The van der Waals surface area contributed by atoms with E-state index in [1.165, 1.54) is 5.56 Å². The summed E-state index contributed by atoms with van der Waals surface area (Å²) < 4.78 is 11.3. The van der Waals surface area contributed by atoms with Gasteiger partial charge in [-0.2, -0.15) is 0 Å². The molecule has 1 saturated heterocycles. The van der Waals surface area contributed by atoms with Crippen molar-refractivity contribution in [1.82, 2.24) is 4.90 Å². The third-order valence-corrected chi connectivity index (χ3v) is 5.07. The lowest BCUT2D eigenvalue weighted by Gasteiger charge is -2.16. The number of hydrogen-bond acceptors (Lipinski definition) is 5. The number of benzene rings is 2. The number of rotatable bonds is 4. The molecule has 142 valence electrons. The van der Waals surface area contributed by atoms with E-state index < -0.39 is 0 Å². The van der Waals surface area contributed by atoms with E-state index in [0.29, 0.717) is 37.7 Å². The van der Waals surface area contributed by atoms with Crippen molar-refractivity contribution in [2.24, 2.45) is 5.73 Å². The first-order valence-corrected chi connectivity index (χ1v) is 9.41. The molecule has 3 N–H and O–H groups in total. The van der Waals surface area contributed by atoms with E-state index in [1.807, 2.05) is 36.4 Å². The number of nitrogens with one attached hydrogen (secondary N) is 1. The maximum absolute atomic E-state index is 12.5. The highest BCUT2D eigenvalue weighted by Gasteiger charge is 2.32. The highest BCUT2D eigenvalue weighted by molar-refractivity contribution is 5.92. The number of fused-ring (bicyclic) bond motifs is 1. The Morgan fingerprint density at radius 3 is 2.67 bits per heavy atom. The molecule has 1 amide bonds. The number of nitrogens with zero attached hydrogens (tertiary/aromatic N) is 1. The lowest BCUT2D eigenvalue weighted by atomic mass is 9.95. The molecule has 0 saturated carbocycles. The zero-order valence-electron chi connectivity index (χ0n) is 15.3. The minimum Gasteiger partial charge on any atom is -0.490 e. The Bertz CT molecular complexity index is 797. The predicted octanol–water partition coefficient (Wildman–Crippen LogP) is 2.21. The summed E-state index contributed by atoms with van der Waals surface area (Å²) in [5.41, 5.74) is 8.26. The largest absolute Gasteiger partial charge is 0.490 e. The summed E-state index contributed by atoms with van der Waals surface area (Å²) in [5, 5.41) is 2.95. The van der Waals surface area contributed by atoms with Gasteiger partial charge in [-0.3, -0.25) is 9.69 Å². The molecule has 2 heterocycles. The number of nitrogens with two attached hydrogens (primary N) is 1. The van der Waals surface area contributed by atoms with E-state index in [2.05, 4.69) is 22.3 Å². The van der Waals surface area contributed by atoms with E-state index in [9.17, 15) is 4.79 Å². The third-order valence-electron chi connectivity index (χ3n) is 5.07. The minimum atomic E-state index is -0.0506. The number of carbonyl (C=O) groups excluding carboxylic acids is 1. The lowest BCUT2D eigenvalue weighted by molar-refractivity contribution is -0.117. The van der Waals surface area contributed by atoms with Crippen LogP contribution in [0.4, 0.5) is 5.69 Å². The number of hydrogen-bond donors (Lipinski definition) is 2. The van der Waals surface area contributed by atoms with Crippen LogP contribution in [0.15, 0.2) is 48.5 Å². The summed E-state index contributed by atoms with van der Waals surface area (Å²) in [5.74, 6) is 1.61. The molecule has 2 aliphatic rings. The number of anilines is 1. The van der Waals surface area contributed by atoms with E-state index in [0.717, 1.165) is 18.7 Å². The summed E-state index contributed by atoms with van der Waals surface area (Å²) in [7, 11) is 0. The van der Waals surface area contributed by atoms with Gasteiger partial charge in [-0.05, 0) is 17.7 Å². The Kier molecular flexibility index (Phi) is 5.27. The van der Waals surface area contributed by atoms with Crippen LogP contribution in [0.1, 0.15) is 17.9 Å². The van der Waals surface area contributed by atoms with Gasteiger partial charge in [-0.15, -0.1) is 0 Å². The van der Waals surface area contributed by atoms with Gasteiger partial charge in [0, 0.05) is 43.2 Å². The normalized spacial score (nSPS) is 22.3. The molecule has 0 spiro atoms. The topological polar surface area (TPSA) is 76.8 Å². The van der Waals surface area contributed by atoms with Crippen molar-refractivity contribution in [3.8, 4) is 11.5 Å². The first-order valence-electron chi connectivity index (χ1n) is 9.41. The average Bonchev–Trinajstić information content (AvgIpc) is 2.88. The SMILES string of the molecule is N[C@@H]1CN(CC(=O)Nc2ccc3c(c2)OCCCO3)C[C@H]1c1ccccc1. The third kappa shape index (κ3) is 4.23. The average molecular weight is 367 g/mol. The zero-order chi connectivity index (χ0) is 18.6. The van der Waals surface area contributed by atoms with E-state index >= 15 is 0 Å². The van der Waals surface area contributed by atoms with Gasteiger partial charge in [0.15, 0.2) is 11.5 Å². The molecule has 4 rings (SSSR count). The van der Waals surface area contributed by atoms with Crippen LogP contribution in [0.25, 0.3) is 0 Å². The van der Waals surface area contributed by atoms with E-state index in [-0.39, 0.29) is 17.9 Å². The van der Waals surface area contributed by atoms with Crippen molar-refractivity contribution in [3.63, 3.8) is 0 Å². The van der Waals surface area contributed by atoms with Gasteiger partial charge < -0.3 is 20.5 Å². The second kappa shape index (κ2) is 7.98. The van der Waals surface area contributed by atoms with Crippen molar-refractivity contribution in [3.05, 3.63) is 54.1 Å². The van der Waals surface area contributed by atoms with Crippen molar-refractivity contribution in [2.75, 3.05) is 38.2 Å². The fourth-order valence-electron chi connectivity index (χ4n) is 3.74. The fraction of sp³-hybridized carbons (Fsp3) is 0.381. The van der Waals surface area contributed by atoms with Gasteiger partial charge >= 0.3 is 0 Å². The first-order chi connectivity index (χ1) is 13.2. The van der Waals surface area contributed by atoms with Gasteiger partial charge in [0.05, 0.1) is 19.8 Å². The van der Waals surface area contributed by atoms with Crippen LogP contribution in [0.5, 0.6) is 11.5 Å². The Hall–Kier alpha value is -2.57. The smallest absolute Gasteiger partial charge is 0.238 e. The van der Waals surface area contributed by atoms with Crippen LogP contribution >= 0.6 is 0 Å². The van der Waals surface area contributed by atoms with Crippen LogP contribution in [0.3, 0.4) is 0 Å². The standard InChI is InChI=1S/C21H25N3O3/c22-18-13-24(12-17(18)15-5-2-1-3-6-15)14-21(25)23-16-7-8-19-20(11-16)27-10-4-9-26-19/h1-3,5-8,11,17-18H,4,9-10,12-14,22H2,(H,23,25)/t17-,18+/m0/s1. The van der Waals surface area contributed by atoms with Gasteiger partial charge in [0.1, 0.15) is 0 Å². The van der Waals surface area contributed by atoms with Crippen LogP contribution in [-0.2, 0) is 4.79 Å². The molecule has 2 atom stereocenters. The fourth-order valence-corrected chi connectivity index (χ4v) is 3.74. The second-order valence-electron chi connectivity index (χ2n) is 7.14. The summed E-state index contributed by atoms with van der Waals surface area (Å²) >= 11 is 0. The molecule has 2 aliphatic heterocycles. The Labute approximate surface area is 159 Å². The van der Waals surface area contributed by atoms with Gasteiger partial charge in [0.2, 0.25) is 5.91 Å². The number of likely N-dealkylation sites (tertiary alicyclic amines) is 1. The summed E-state index contributed by atoms with van der Waals surface area (Å²) in [6, 6.07) is 15.8. The molecule has 6 nitrogen and oxygen atoms in total. The molecule has 0 unspecified atom stereocenters. The highest BCUT2D eigenvalue weighted by atomic mass is 16.5. The number of amides is 1. The molecule has 2 aromatic carbocycles. The van der Waals surface area contributed by atoms with Crippen LogP contribution < -0.4 is 20.5 Å². The Balaban J connectivity index is 1.35.